The fourth-order valence-electron chi connectivity index (χ4n) is 4.58. The van der Waals surface area contributed by atoms with Crippen molar-refractivity contribution in [2.24, 2.45) is 0 Å². The summed E-state index contributed by atoms with van der Waals surface area (Å²) in [7, 11) is 0. The SMILES string of the molecule is O=c1cc2c(nn1CC1CCCN1Cc1cnc3n1CCOC3)CCC2. The number of aryl methyl sites for hydroxylation is 2. The molecule has 4 heterocycles. The Balaban J connectivity index is 1.33. The smallest absolute Gasteiger partial charge is 0.267 e. The summed E-state index contributed by atoms with van der Waals surface area (Å²) >= 11 is 0. The number of fused-ring (bicyclic) bond motifs is 2. The van der Waals surface area contributed by atoms with E-state index in [-0.39, 0.29) is 5.56 Å². The third kappa shape index (κ3) is 2.89. The van der Waals surface area contributed by atoms with Gasteiger partial charge in [0.25, 0.3) is 5.56 Å². The summed E-state index contributed by atoms with van der Waals surface area (Å²) in [5, 5.41) is 4.66. The molecule has 1 saturated heterocycles. The molecule has 0 bridgehead atoms. The Bertz CT molecular complexity index is 871. The van der Waals surface area contributed by atoms with Gasteiger partial charge in [0.05, 0.1) is 24.5 Å². The van der Waals surface area contributed by atoms with Gasteiger partial charge in [-0.2, -0.15) is 5.10 Å². The predicted octanol–water partition coefficient (Wildman–Crippen LogP) is 1.12. The molecule has 138 valence electrons. The van der Waals surface area contributed by atoms with Gasteiger partial charge in [-0.1, -0.05) is 0 Å². The fourth-order valence-corrected chi connectivity index (χ4v) is 4.58. The molecule has 0 N–H and O–H groups in total. The van der Waals surface area contributed by atoms with Gasteiger partial charge in [0.15, 0.2) is 0 Å². The van der Waals surface area contributed by atoms with Gasteiger partial charge in [0, 0.05) is 31.4 Å². The average molecular weight is 355 g/mol. The lowest BCUT2D eigenvalue weighted by molar-refractivity contribution is 0.0793. The van der Waals surface area contributed by atoms with E-state index in [1.165, 1.54) is 12.1 Å². The highest BCUT2D eigenvalue weighted by atomic mass is 16.5. The van der Waals surface area contributed by atoms with Crippen molar-refractivity contribution in [1.29, 1.82) is 0 Å². The number of nitrogens with zero attached hydrogens (tertiary/aromatic N) is 5. The molecular weight excluding hydrogens is 330 g/mol. The molecule has 7 nitrogen and oxygen atoms in total. The molecule has 1 aliphatic carbocycles. The molecule has 2 aromatic rings. The molecule has 0 saturated carbocycles. The Morgan fingerprint density at radius 2 is 2.19 bits per heavy atom. The second-order valence-corrected chi connectivity index (χ2v) is 7.63. The zero-order valence-electron chi connectivity index (χ0n) is 15.1. The number of ether oxygens (including phenoxy) is 1. The van der Waals surface area contributed by atoms with Crippen LogP contribution in [0, 0.1) is 0 Å². The molecule has 26 heavy (non-hydrogen) atoms. The zero-order valence-corrected chi connectivity index (χ0v) is 15.1. The molecule has 5 rings (SSSR count). The molecular formula is C19H25N5O2. The van der Waals surface area contributed by atoms with E-state index < -0.39 is 0 Å². The van der Waals surface area contributed by atoms with E-state index in [0.717, 1.165) is 69.0 Å². The summed E-state index contributed by atoms with van der Waals surface area (Å²) < 4.78 is 9.48. The van der Waals surface area contributed by atoms with Gasteiger partial charge >= 0.3 is 0 Å². The highest BCUT2D eigenvalue weighted by molar-refractivity contribution is 5.22. The molecule has 2 aliphatic heterocycles. The first kappa shape index (κ1) is 16.2. The van der Waals surface area contributed by atoms with Crippen LogP contribution < -0.4 is 5.56 Å². The first-order chi connectivity index (χ1) is 12.8. The van der Waals surface area contributed by atoms with Crippen LogP contribution in [0.25, 0.3) is 0 Å². The number of likely N-dealkylation sites (tertiary alicyclic amines) is 1. The van der Waals surface area contributed by atoms with Crippen LogP contribution in [0.1, 0.15) is 42.0 Å². The van der Waals surface area contributed by atoms with E-state index in [0.29, 0.717) is 19.2 Å². The minimum absolute atomic E-state index is 0.0522. The highest BCUT2D eigenvalue weighted by Gasteiger charge is 2.28. The van der Waals surface area contributed by atoms with Crippen molar-refractivity contribution in [3.05, 3.63) is 45.4 Å². The van der Waals surface area contributed by atoms with Gasteiger partial charge in [-0.15, -0.1) is 0 Å². The van der Waals surface area contributed by atoms with E-state index in [1.807, 2.05) is 12.3 Å². The Kier molecular flexibility index (Phi) is 4.13. The van der Waals surface area contributed by atoms with E-state index in [2.05, 4.69) is 19.5 Å². The van der Waals surface area contributed by atoms with Crippen LogP contribution in [0.15, 0.2) is 17.1 Å². The van der Waals surface area contributed by atoms with Gasteiger partial charge in [0.1, 0.15) is 12.4 Å². The maximum absolute atomic E-state index is 12.4. The van der Waals surface area contributed by atoms with Crippen LogP contribution in [-0.4, -0.2) is 43.4 Å². The number of aromatic nitrogens is 4. The summed E-state index contributed by atoms with van der Waals surface area (Å²) in [6.45, 7) is 4.90. The molecule has 1 atom stereocenters. The average Bonchev–Trinajstić information content (AvgIpc) is 3.37. The van der Waals surface area contributed by atoms with Crippen LogP contribution in [0.3, 0.4) is 0 Å². The Labute approximate surface area is 152 Å². The standard InChI is InChI=1S/C19H25N5O2/c25-19-9-14-3-1-5-17(14)21-24(19)12-15-4-2-6-22(15)11-16-10-20-18-13-26-8-7-23(16)18/h9-10,15H,1-8,11-13H2. The van der Waals surface area contributed by atoms with E-state index in [4.69, 9.17) is 4.74 Å². The summed E-state index contributed by atoms with van der Waals surface area (Å²) in [4.78, 5) is 19.4. The number of imidazole rings is 1. The van der Waals surface area contributed by atoms with Crippen molar-refractivity contribution in [3.63, 3.8) is 0 Å². The fraction of sp³-hybridized carbons (Fsp3) is 0.632. The van der Waals surface area contributed by atoms with Crippen LogP contribution in [0.2, 0.25) is 0 Å². The van der Waals surface area contributed by atoms with Crippen LogP contribution >= 0.6 is 0 Å². The zero-order chi connectivity index (χ0) is 17.5. The summed E-state index contributed by atoms with van der Waals surface area (Å²) in [5.41, 5.74) is 3.59. The molecule has 0 spiro atoms. The van der Waals surface area contributed by atoms with Gasteiger partial charge in [-0.05, 0) is 44.2 Å². The molecule has 0 radical (unpaired) electrons. The summed E-state index contributed by atoms with van der Waals surface area (Å²) in [6, 6.07) is 2.17. The van der Waals surface area contributed by atoms with E-state index in [9.17, 15) is 4.79 Å². The van der Waals surface area contributed by atoms with Gasteiger partial charge in [-0.3, -0.25) is 9.69 Å². The summed E-state index contributed by atoms with van der Waals surface area (Å²) in [5.74, 6) is 1.03. The van der Waals surface area contributed by atoms with E-state index in [1.54, 1.807) is 4.68 Å². The van der Waals surface area contributed by atoms with E-state index >= 15 is 0 Å². The third-order valence-electron chi connectivity index (χ3n) is 5.98. The summed E-state index contributed by atoms with van der Waals surface area (Å²) in [6.07, 6.45) is 7.42. The van der Waals surface area contributed by atoms with Crippen molar-refractivity contribution in [2.75, 3.05) is 13.2 Å². The van der Waals surface area contributed by atoms with Crippen molar-refractivity contribution in [2.45, 2.75) is 64.4 Å². The number of hydrogen-bond donors (Lipinski definition) is 0. The lowest BCUT2D eigenvalue weighted by atomic mass is 10.2. The second kappa shape index (κ2) is 6.63. The predicted molar refractivity (Wildman–Crippen MR) is 95.8 cm³/mol. The third-order valence-corrected chi connectivity index (χ3v) is 5.98. The largest absolute Gasteiger partial charge is 0.372 e. The minimum atomic E-state index is 0.0522. The van der Waals surface area contributed by atoms with Crippen molar-refractivity contribution in [1.82, 2.24) is 24.2 Å². The lowest BCUT2D eigenvalue weighted by Crippen LogP contribution is -2.37. The molecule has 1 fully saturated rings. The monoisotopic (exact) mass is 355 g/mol. The van der Waals surface area contributed by atoms with Gasteiger partial charge in [0.2, 0.25) is 0 Å². The van der Waals surface area contributed by atoms with Crippen LogP contribution in [0.5, 0.6) is 0 Å². The molecule has 1 unspecified atom stereocenters. The molecule has 3 aliphatic rings. The van der Waals surface area contributed by atoms with Crippen molar-refractivity contribution in [3.8, 4) is 0 Å². The molecule has 0 amide bonds. The first-order valence-corrected chi connectivity index (χ1v) is 9.73. The van der Waals surface area contributed by atoms with Crippen LogP contribution in [0.4, 0.5) is 0 Å². The number of rotatable bonds is 4. The molecule has 0 aromatic carbocycles. The molecule has 2 aromatic heterocycles. The topological polar surface area (TPSA) is 65.2 Å². The van der Waals surface area contributed by atoms with Crippen LogP contribution in [-0.2, 0) is 43.8 Å². The highest BCUT2D eigenvalue weighted by Crippen LogP contribution is 2.23. The minimum Gasteiger partial charge on any atom is -0.372 e. The first-order valence-electron chi connectivity index (χ1n) is 9.73. The Hall–Kier alpha value is -1.99. The van der Waals surface area contributed by atoms with Crippen molar-refractivity contribution >= 4 is 0 Å². The maximum Gasteiger partial charge on any atom is 0.267 e. The van der Waals surface area contributed by atoms with Gasteiger partial charge < -0.3 is 9.30 Å². The van der Waals surface area contributed by atoms with Gasteiger partial charge in [-0.25, -0.2) is 9.67 Å². The maximum atomic E-state index is 12.4. The Morgan fingerprint density at radius 1 is 1.23 bits per heavy atom. The number of hydrogen-bond acceptors (Lipinski definition) is 5. The molecule has 7 heteroatoms. The lowest BCUT2D eigenvalue weighted by Gasteiger charge is -2.26. The second-order valence-electron chi connectivity index (χ2n) is 7.63. The quantitative estimate of drug-likeness (QED) is 0.822. The normalized spacial score (nSPS) is 22.5. The van der Waals surface area contributed by atoms with Crippen molar-refractivity contribution < 1.29 is 4.74 Å². The Morgan fingerprint density at radius 3 is 3.15 bits per heavy atom.